The zero-order valence-electron chi connectivity index (χ0n) is 13.5. The van der Waals surface area contributed by atoms with Crippen molar-refractivity contribution < 1.29 is 4.74 Å². The second-order valence-corrected chi connectivity index (χ2v) is 6.03. The minimum absolute atomic E-state index is 0.698. The van der Waals surface area contributed by atoms with Crippen molar-refractivity contribution >= 4 is 0 Å². The molecule has 0 saturated carbocycles. The van der Waals surface area contributed by atoms with E-state index in [1.165, 1.54) is 43.2 Å². The normalized spacial score (nSPS) is 11.2. The molecule has 2 heteroatoms. The molecular formula is C18H31NO. The monoisotopic (exact) mass is 277 g/mol. The van der Waals surface area contributed by atoms with Crippen LogP contribution in [-0.2, 0) is 17.9 Å². The fourth-order valence-corrected chi connectivity index (χ4v) is 2.38. The topological polar surface area (TPSA) is 21.3 Å². The third-order valence-corrected chi connectivity index (χ3v) is 3.52. The molecule has 20 heavy (non-hydrogen) atoms. The lowest BCUT2D eigenvalue weighted by Gasteiger charge is -2.07. The van der Waals surface area contributed by atoms with Crippen molar-refractivity contribution in [1.29, 1.82) is 0 Å². The van der Waals surface area contributed by atoms with E-state index >= 15 is 0 Å². The third-order valence-electron chi connectivity index (χ3n) is 3.52. The summed E-state index contributed by atoms with van der Waals surface area (Å²) < 4.78 is 5.16. The summed E-state index contributed by atoms with van der Waals surface area (Å²) >= 11 is 0. The van der Waals surface area contributed by atoms with Gasteiger partial charge in [-0.1, -0.05) is 63.8 Å². The Kier molecular flexibility index (Phi) is 9.35. The molecule has 1 rings (SSSR count). The molecule has 0 atom stereocenters. The van der Waals surface area contributed by atoms with Gasteiger partial charge in [0, 0.05) is 13.7 Å². The highest BCUT2D eigenvalue weighted by atomic mass is 16.5. The number of methoxy groups -OCH3 is 1. The van der Waals surface area contributed by atoms with Gasteiger partial charge in [0.05, 0.1) is 6.61 Å². The first-order valence-corrected chi connectivity index (χ1v) is 8.00. The lowest BCUT2D eigenvalue weighted by atomic mass is 10.0. The van der Waals surface area contributed by atoms with Crippen LogP contribution in [0.1, 0.15) is 57.1 Å². The molecule has 0 spiro atoms. The largest absolute Gasteiger partial charge is 0.380 e. The molecule has 0 amide bonds. The zero-order chi connectivity index (χ0) is 14.6. The first-order chi connectivity index (χ1) is 9.72. The highest BCUT2D eigenvalue weighted by Gasteiger charge is 1.97. The Hall–Kier alpha value is -0.860. The number of rotatable bonds is 11. The molecule has 0 fully saturated rings. The Balaban J connectivity index is 2.05. The van der Waals surface area contributed by atoms with Gasteiger partial charge in [-0.05, 0) is 30.0 Å². The highest BCUT2D eigenvalue weighted by molar-refractivity contribution is 5.22. The molecule has 1 aromatic carbocycles. The first-order valence-electron chi connectivity index (χ1n) is 8.00. The Morgan fingerprint density at radius 2 is 1.80 bits per heavy atom. The van der Waals surface area contributed by atoms with E-state index in [1.807, 2.05) is 0 Å². The Bertz CT molecular complexity index is 349. The maximum Gasteiger partial charge on any atom is 0.0713 e. The summed E-state index contributed by atoms with van der Waals surface area (Å²) in [5.74, 6) is 0.854. The molecule has 0 saturated heterocycles. The molecule has 0 bridgehead atoms. The maximum absolute atomic E-state index is 5.16. The molecule has 114 valence electrons. The molecule has 0 aromatic heterocycles. The minimum Gasteiger partial charge on any atom is -0.380 e. The van der Waals surface area contributed by atoms with Crippen LogP contribution in [0.2, 0.25) is 0 Å². The van der Waals surface area contributed by atoms with Crippen molar-refractivity contribution in [3.05, 3.63) is 35.4 Å². The number of nitrogens with one attached hydrogen (secondary N) is 1. The SMILES string of the molecule is COCc1cccc(CNCCCCCCC(C)C)c1. The van der Waals surface area contributed by atoms with Gasteiger partial charge in [-0.2, -0.15) is 0 Å². The number of hydrogen-bond donors (Lipinski definition) is 1. The van der Waals surface area contributed by atoms with Crippen LogP contribution in [-0.4, -0.2) is 13.7 Å². The van der Waals surface area contributed by atoms with Gasteiger partial charge >= 0.3 is 0 Å². The van der Waals surface area contributed by atoms with Crippen molar-refractivity contribution in [3.8, 4) is 0 Å². The molecule has 0 aliphatic carbocycles. The summed E-state index contributed by atoms with van der Waals surface area (Å²) in [5.41, 5.74) is 2.60. The van der Waals surface area contributed by atoms with E-state index in [9.17, 15) is 0 Å². The maximum atomic E-state index is 5.16. The van der Waals surface area contributed by atoms with Crippen LogP contribution in [0.15, 0.2) is 24.3 Å². The predicted octanol–water partition coefficient (Wildman–Crippen LogP) is 4.53. The number of hydrogen-bond acceptors (Lipinski definition) is 2. The van der Waals surface area contributed by atoms with Crippen molar-refractivity contribution in [2.45, 2.75) is 59.1 Å². The van der Waals surface area contributed by atoms with Crippen molar-refractivity contribution in [2.75, 3.05) is 13.7 Å². The van der Waals surface area contributed by atoms with Gasteiger partial charge in [0.15, 0.2) is 0 Å². The van der Waals surface area contributed by atoms with E-state index in [2.05, 4.69) is 43.4 Å². The molecular weight excluding hydrogens is 246 g/mol. The summed E-state index contributed by atoms with van der Waals surface area (Å²) in [4.78, 5) is 0. The molecule has 1 aromatic rings. The average Bonchev–Trinajstić information content (AvgIpc) is 2.42. The van der Waals surface area contributed by atoms with Gasteiger partial charge in [-0.3, -0.25) is 0 Å². The first kappa shape index (κ1) is 17.2. The van der Waals surface area contributed by atoms with Gasteiger partial charge in [-0.15, -0.1) is 0 Å². The van der Waals surface area contributed by atoms with Crippen LogP contribution < -0.4 is 5.32 Å². The second kappa shape index (κ2) is 10.9. The summed E-state index contributed by atoms with van der Waals surface area (Å²) in [5, 5.41) is 3.53. The van der Waals surface area contributed by atoms with Crippen LogP contribution in [0.5, 0.6) is 0 Å². The summed E-state index contributed by atoms with van der Waals surface area (Å²) in [6.07, 6.45) is 6.78. The molecule has 0 heterocycles. The van der Waals surface area contributed by atoms with Gasteiger partial charge in [-0.25, -0.2) is 0 Å². The molecule has 0 unspecified atom stereocenters. The van der Waals surface area contributed by atoms with Crippen molar-refractivity contribution in [1.82, 2.24) is 5.32 Å². The third kappa shape index (κ3) is 8.34. The summed E-state index contributed by atoms with van der Waals surface area (Å²) in [6.45, 7) is 7.39. The standard InChI is InChI=1S/C18H31NO/c1-16(2)9-6-4-5-7-12-19-14-17-10-8-11-18(13-17)15-20-3/h8,10-11,13,16,19H,4-7,9,12,14-15H2,1-3H3. The van der Waals surface area contributed by atoms with Crippen LogP contribution >= 0.6 is 0 Å². The predicted molar refractivity (Wildman–Crippen MR) is 86.8 cm³/mol. The minimum atomic E-state index is 0.698. The van der Waals surface area contributed by atoms with Crippen LogP contribution in [0, 0.1) is 5.92 Å². The van der Waals surface area contributed by atoms with E-state index in [0.717, 1.165) is 19.0 Å². The number of unbranched alkanes of at least 4 members (excludes halogenated alkanes) is 3. The van der Waals surface area contributed by atoms with Gasteiger partial charge in [0.1, 0.15) is 0 Å². The molecule has 0 aliphatic heterocycles. The van der Waals surface area contributed by atoms with E-state index in [0.29, 0.717) is 6.61 Å². The van der Waals surface area contributed by atoms with Crippen LogP contribution in [0.25, 0.3) is 0 Å². The molecule has 1 N–H and O–H groups in total. The molecule has 0 aliphatic rings. The Morgan fingerprint density at radius 3 is 2.55 bits per heavy atom. The quantitative estimate of drug-likeness (QED) is 0.600. The van der Waals surface area contributed by atoms with Gasteiger partial charge in [0.2, 0.25) is 0 Å². The number of ether oxygens (including phenoxy) is 1. The number of benzene rings is 1. The lowest BCUT2D eigenvalue weighted by molar-refractivity contribution is 0.185. The summed E-state index contributed by atoms with van der Waals surface area (Å²) in [7, 11) is 1.74. The second-order valence-electron chi connectivity index (χ2n) is 6.03. The van der Waals surface area contributed by atoms with E-state index in [-0.39, 0.29) is 0 Å². The van der Waals surface area contributed by atoms with E-state index < -0.39 is 0 Å². The van der Waals surface area contributed by atoms with Crippen molar-refractivity contribution in [2.24, 2.45) is 5.92 Å². The average molecular weight is 277 g/mol. The highest BCUT2D eigenvalue weighted by Crippen LogP contribution is 2.09. The van der Waals surface area contributed by atoms with Crippen molar-refractivity contribution in [3.63, 3.8) is 0 Å². The van der Waals surface area contributed by atoms with Gasteiger partial charge in [0.25, 0.3) is 0 Å². The smallest absolute Gasteiger partial charge is 0.0713 e. The molecule has 0 radical (unpaired) electrons. The zero-order valence-corrected chi connectivity index (χ0v) is 13.5. The van der Waals surface area contributed by atoms with Crippen LogP contribution in [0.4, 0.5) is 0 Å². The molecule has 2 nitrogen and oxygen atoms in total. The van der Waals surface area contributed by atoms with Crippen LogP contribution in [0.3, 0.4) is 0 Å². The van der Waals surface area contributed by atoms with Gasteiger partial charge < -0.3 is 10.1 Å². The Labute approximate surface area is 124 Å². The van der Waals surface area contributed by atoms with E-state index in [4.69, 9.17) is 4.74 Å². The Morgan fingerprint density at radius 1 is 1.05 bits per heavy atom. The van der Waals surface area contributed by atoms with E-state index in [1.54, 1.807) is 7.11 Å². The fraction of sp³-hybridized carbons (Fsp3) is 0.667. The fourth-order valence-electron chi connectivity index (χ4n) is 2.38. The lowest BCUT2D eigenvalue weighted by Crippen LogP contribution is -2.14. The summed E-state index contributed by atoms with van der Waals surface area (Å²) in [6, 6.07) is 8.62.